The zero-order valence-corrected chi connectivity index (χ0v) is 12.4. The molecule has 1 fully saturated rings. The highest BCUT2D eigenvalue weighted by atomic mass is 16.5. The minimum atomic E-state index is -0.485. The summed E-state index contributed by atoms with van der Waals surface area (Å²) in [5.74, 6) is -0.112. The second kappa shape index (κ2) is 6.23. The topological polar surface area (TPSA) is 29.5 Å². The van der Waals surface area contributed by atoms with Gasteiger partial charge in [-0.2, -0.15) is 0 Å². The van der Waals surface area contributed by atoms with Crippen LogP contribution in [0.3, 0.4) is 0 Å². The van der Waals surface area contributed by atoms with Crippen molar-refractivity contribution in [2.24, 2.45) is 0 Å². The van der Waals surface area contributed by atoms with Crippen molar-refractivity contribution in [2.75, 3.05) is 26.7 Å². The van der Waals surface area contributed by atoms with Crippen molar-refractivity contribution in [3.8, 4) is 0 Å². The number of hydrogen-bond acceptors (Lipinski definition) is 3. The van der Waals surface area contributed by atoms with Crippen molar-refractivity contribution >= 4 is 5.97 Å². The number of likely N-dealkylation sites (tertiary alicyclic amines) is 1. The van der Waals surface area contributed by atoms with Crippen LogP contribution >= 0.6 is 0 Å². The smallest absolute Gasteiger partial charge is 0.316 e. The van der Waals surface area contributed by atoms with Gasteiger partial charge in [-0.05, 0) is 38.4 Å². The van der Waals surface area contributed by atoms with Gasteiger partial charge in [0, 0.05) is 6.54 Å². The monoisotopic (exact) mass is 273 g/mol. The Morgan fingerprint density at radius 1 is 1.30 bits per heavy atom. The van der Waals surface area contributed by atoms with Gasteiger partial charge in [-0.15, -0.1) is 0 Å². The van der Waals surface area contributed by atoms with Crippen LogP contribution in [0.25, 0.3) is 0 Å². The molecule has 1 aromatic rings. The predicted molar refractivity (Wildman–Crippen MR) is 80.6 cm³/mol. The number of methoxy groups -OCH3 is 1. The summed E-state index contributed by atoms with van der Waals surface area (Å²) in [6, 6.07) is 10.0. The average molecular weight is 273 g/mol. The van der Waals surface area contributed by atoms with Crippen LogP contribution in [0.15, 0.2) is 42.5 Å². The van der Waals surface area contributed by atoms with Gasteiger partial charge in [0.05, 0.1) is 12.5 Å². The Morgan fingerprint density at radius 3 is 2.40 bits per heavy atom. The van der Waals surface area contributed by atoms with Crippen LogP contribution in [0.1, 0.15) is 25.3 Å². The van der Waals surface area contributed by atoms with E-state index in [0.717, 1.165) is 43.6 Å². The van der Waals surface area contributed by atoms with Crippen LogP contribution < -0.4 is 0 Å². The Bertz CT molecular complexity index is 473. The van der Waals surface area contributed by atoms with E-state index in [9.17, 15) is 4.79 Å². The standard InChI is InChI=1S/C17H23NO2/c1-14(2)13-18-11-9-17(10-12-18,16(19)20-3)15-7-5-4-6-8-15/h4-8H,1,9-13H2,2-3H3. The maximum Gasteiger partial charge on any atom is 0.316 e. The molecule has 1 aliphatic rings. The van der Waals surface area contributed by atoms with E-state index in [4.69, 9.17) is 4.74 Å². The third-order valence-corrected chi connectivity index (χ3v) is 4.11. The van der Waals surface area contributed by atoms with Gasteiger partial charge in [0.25, 0.3) is 0 Å². The Hall–Kier alpha value is -1.61. The molecule has 20 heavy (non-hydrogen) atoms. The van der Waals surface area contributed by atoms with Crippen LogP contribution in [0, 0.1) is 0 Å². The lowest BCUT2D eigenvalue weighted by molar-refractivity contribution is -0.149. The normalized spacial score (nSPS) is 18.5. The second-order valence-electron chi connectivity index (χ2n) is 5.67. The van der Waals surface area contributed by atoms with Crippen molar-refractivity contribution in [3.05, 3.63) is 48.0 Å². The van der Waals surface area contributed by atoms with Gasteiger partial charge in [-0.25, -0.2) is 0 Å². The quantitative estimate of drug-likeness (QED) is 0.624. The molecule has 0 N–H and O–H groups in total. The minimum absolute atomic E-state index is 0.112. The number of carbonyl (C=O) groups is 1. The largest absolute Gasteiger partial charge is 0.468 e. The number of benzene rings is 1. The van der Waals surface area contributed by atoms with E-state index < -0.39 is 5.41 Å². The molecule has 1 heterocycles. The van der Waals surface area contributed by atoms with Crippen LogP contribution in [-0.2, 0) is 14.9 Å². The van der Waals surface area contributed by atoms with Gasteiger partial charge in [0.15, 0.2) is 0 Å². The first kappa shape index (κ1) is 14.8. The molecule has 0 aliphatic carbocycles. The number of piperidine rings is 1. The summed E-state index contributed by atoms with van der Waals surface area (Å²) in [6.07, 6.45) is 1.61. The number of hydrogen-bond donors (Lipinski definition) is 0. The Labute approximate surface area is 121 Å². The highest BCUT2D eigenvalue weighted by molar-refractivity contribution is 5.83. The summed E-state index contributed by atoms with van der Waals surface area (Å²) in [7, 11) is 1.48. The van der Waals surface area contributed by atoms with Gasteiger partial charge < -0.3 is 4.74 Å². The SMILES string of the molecule is C=C(C)CN1CCC(C(=O)OC)(c2ccccc2)CC1. The molecule has 0 spiro atoms. The molecule has 1 aliphatic heterocycles. The second-order valence-corrected chi connectivity index (χ2v) is 5.67. The average Bonchev–Trinajstić information content (AvgIpc) is 2.48. The van der Waals surface area contributed by atoms with Crippen molar-refractivity contribution in [3.63, 3.8) is 0 Å². The molecule has 3 heteroatoms. The molecule has 0 bridgehead atoms. The van der Waals surface area contributed by atoms with E-state index >= 15 is 0 Å². The number of ether oxygens (including phenoxy) is 1. The summed E-state index contributed by atoms with van der Waals surface area (Å²) in [5.41, 5.74) is 1.75. The van der Waals surface area contributed by atoms with Gasteiger partial charge in [0.1, 0.15) is 0 Å². The fraction of sp³-hybridized carbons (Fsp3) is 0.471. The maximum absolute atomic E-state index is 12.4. The van der Waals surface area contributed by atoms with Crippen LogP contribution in [0.4, 0.5) is 0 Å². The lowest BCUT2D eigenvalue weighted by atomic mass is 9.72. The van der Waals surface area contributed by atoms with E-state index in [0.29, 0.717) is 0 Å². The highest BCUT2D eigenvalue weighted by Crippen LogP contribution is 2.36. The van der Waals surface area contributed by atoms with Gasteiger partial charge in [-0.1, -0.05) is 42.5 Å². The highest BCUT2D eigenvalue weighted by Gasteiger charge is 2.43. The van der Waals surface area contributed by atoms with Gasteiger partial charge >= 0.3 is 5.97 Å². The molecule has 0 radical (unpaired) electrons. The fourth-order valence-corrected chi connectivity index (χ4v) is 3.04. The third kappa shape index (κ3) is 2.93. The maximum atomic E-state index is 12.4. The number of esters is 1. The molecule has 2 rings (SSSR count). The number of carbonyl (C=O) groups excluding carboxylic acids is 1. The molecule has 0 unspecified atom stereocenters. The predicted octanol–water partition coefficient (Wildman–Crippen LogP) is 2.77. The summed E-state index contributed by atoms with van der Waals surface area (Å²) in [4.78, 5) is 14.7. The summed E-state index contributed by atoms with van der Waals surface area (Å²) in [6.45, 7) is 8.71. The van der Waals surface area contributed by atoms with Crippen LogP contribution in [0.5, 0.6) is 0 Å². The van der Waals surface area contributed by atoms with Crippen LogP contribution in [0.2, 0.25) is 0 Å². The van der Waals surface area contributed by atoms with E-state index in [1.807, 2.05) is 37.3 Å². The first-order valence-electron chi connectivity index (χ1n) is 7.09. The third-order valence-electron chi connectivity index (χ3n) is 4.11. The molecule has 0 aromatic heterocycles. The molecule has 1 saturated heterocycles. The Balaban J connectivity index is 2.20. The van der Waals surface area contributed by atoms with E-state index in [1.54, 1.807) is 0 Å². The van der Waals surface area contributed by atoms with Crippen molar-refractivity contribution in [1.82, 2.24) is 4.90 Å². The van der Waals surface area contributed by atoms with Gasteiger partial charge in [0.2, 0.25) is 0 Å². The molecule has 0 atom stereocenters. The summed E-state index contributed by atoms with van der Waals surface area (Å²) in [5, 5.41) is 0. The Kier molecular flexibility index (Phi) is 4.61. The van der Waals surface area contributed by atoms with E-state index in [1.165, 1.54) is 7.11 Å². The van der Waals surface area contributed by atoms with Gasteiger partial charge in [-0.3, -0.25) is 9.69 Å². The summed E-state index contributed by atoms with van der Waals surface area (Å²) >= 11 is 0. The lowest BCUT2D eigenvalue weighted by Gasteiger charge is -2.40. The minimum Gasteiger partial charge on any atom is -0.468 e. The summed E-state index contributed by atoms with van der Waals surface area (Å²) < 4.78 is 5.09. The van der Waals surface area contributed by atoms with Crippen molar-refractivity contribution < 1.29 is 9.53 Å². The molecule has 0 amide bonds. The van der Waals surface area contributed by atoms with E-state index in [-0.39, 0.29) is 5.97 Å². The Morgan fingerprint density at radius 2 is 1.90 bits per heavy atom. The van der Waals surface area contributed by atoms with Crippen LogP contribution in [-0.4, -0.2) is 37.6 Å². The van der Waals surface area contributed by atoms with E-state index in [2.05, 4.69) is 11.5 Å². The van der Waals surface area contributed by atoms with Crippen molar-refractivity contribution in [1.29, 1.82) is 0 Å². The molecule has 3 nitrogen and oxygen atoms in total. The first-order chi connectivity index (χ1) is 9.58. The molecular formula is C17H23NO2. The molecule has 0 saturated carbocycles. The first-order valence-corrected chi connectivity index (χ1v) is 7.09. The molecule has 1 aromatic carbocycles. The lowest BCUT2D eigenvalue weighted by Crippen LogP contribution is -2.48. The molecule has 108 valence electrons. The fourth-order valence-electron chi connectivity index (χ4n) is 3.04. The van der Waals surface area contributed by atoms with Crippen molar-refractivity contribution in [2.45, 2.75) is 25.2 Å². The molecular weight excluding hydrogens is 250 g/mol. The zero-order chi connectivity index (χ0) is 14.6. The number of nitrogens with zero attached hydrogens (tertiary/aromatic N) is 1. The number of rotatable bonds is 4. The zero-order valence-electron chi connectivity index (χ0n) is 12.4.